The zero-order valence-electron chi connectivity index (χ0n) is 18.8. The van der Waals surface area contributed by atoms with Gasteiger partial charge in [-0.15, -0.1) is 0 Å². The van der Waals surface area contributed by atoms with E-state index in [1.165, 1.54) is 11.1 Å². The first-order valence-corrected chi connectivity index (χ1v) is 11.1. The van der Waals surface area contributed by atoms with E-state index in [-0.39, 0.29) is 23.4 Å². The van der Waals surface area contributed by atoms with Crippen LogP contribution in [0.5, 0.6) is 0 Å². The van der Waals surface area contributed by atoms with Crippen molar-refractivity contribution in [2.75, 3.05) is 0 Å². The summed E-state index contributed by atoms with van der Waals surface area (Å²) < 4.78 is 0. The fourth-order valence-corrected chi connectivity index (χ4v) is 4.03. The third-order valence-corrected chi connectivity index (χ3v) is 6.04. The van der Waals surface area contributed by atoms with Gasteiger partial charge in [0.1, 0.15) is 0 Å². The van der Waals surface area contributed by atoms with E-state index in [9.17, 15) is 14.7 Å². The zero-order chi connectivity index (χ0) is 21.6. The Bertz CT molecular complexity index is 719. The van der Waals surface area contributed by atoms with Crippen molar-refractivity contribution in [3.05, 3.63) is 47.0 Å². The molecule has 1 aromatic carbocycles. The molecule has 1 aromatic rings. The van der Waals surface area contributed by atoms with Gasteiger partial charge in [0.15, 0.2) is 0 Å². The highest BCUT2D eigenvalue weighted by molar-refractivity contribution is 6.38. The Balaban J connectivity index is 1.84. The number of hydrogen-bond donors (Lipinski definition) is 1. The largest absolute Gasteiger partial charge is 0.390 e. The van der Waals surface area contributed by atoms with Crippen molar-refractivity contribution >= 4 is 11.6 Å². The number of benzene rings is 1. The molecule has 160 valence electrons. The van der Waals surface area contributed by atoms with Gasteiger partial charge in [-0.25, -0.2) is 0 Å². The zero-order valence-corrected chi connectivity index (χ0v) is 18.8. The van der Waals surface area contributed by atoms with Crippen LogP contribution in [-0.2, 0) is 16.0 Å². The minimum atomic E-state index is -0.620. The van der Waals surface area contributed by atoms with Crippen LogP contribution < -0.4 is 0 Å². The number of ketones is 2. The Labute approximate surface area is 176 Å². The molecule has 29 heavy (non-hydrogen) atoms. The quantitative estimate of drug-likeness (QED) is 0.400. The highest BCUT2D eigenvalue weighted by atomic mass is 16.3. The molecule has 1 aliphatic carbocycles. The molecule has 2 atom stereocenters. The van der Waals surface area contributed by atoms with Crippen LogP contribution >= 0.6 is 0 Å². The summed E-state index contributed by atoms with van der Waals surface area (Å²) >= 11 is 0. The summed E-state index contributed by atoms with van der Waals surface area (Å²) in [5.74, 6) is -0.357. The first-order valence-electron chi connectivity index (χ1n) is 11.1. The van der Waals surface area contributed by atoms with Gasteiger partial charge in [-0.3, -0.25) is 9.59 Å². The van der Waals surface area contributed by atoms with Gasteiger partial charge in [0.05, 0.1) is 5.60 Å². The second-order valence-corrected chi connectivity index (χ2v) is 9.73. The Hall–Kier alpha value is -1.74. The second kappa shape index (κ2) is 10.3. The fourth-order valence-electron chi connectivity index (χ4n) is 4.03. The molecule has 0 aromatic heterocycles. The molecule has 1 aliphatic rings. The normalized spacial score (nSPS) is 18.4. The van der Waals surface area contributed by atoms with Crippen molar-refractivity contribution in [3.8, 4) is 0 Å². The number of aliphatic hydroxyl groups is 1. The average molecular weight is 399 g/mol. The van der Waals surface area contributed by atoms with Crippen molar-refractivity contribution in [1.29, 1.82) is 0 Å². The average Bonchev–Trinajstić information content (AvgIpc) is 2.66. The molecule has 0 spiro atoms. The van der Waals surface area contributed by atoms with Crippen LogP contribution in [0.25, 0.3) is 0 Å². The molecule has 3 nitrogen and oxygen atoms in total. The number of rotatable bonds is 10. The molecule has 3 heteroatoms. The standard InChI is InChI=1S/C26H38O3/c1-18(2)22-12-10-21(11-13-22)17-19(3)24(27)25(28)23-14-8-20(9-15-23)7-6-16-26(4,5)29/h8,10-13,18-19,23,29H,6-7,9,14-17H2,1-5H3. The summed E-state index contributed by atoms with van der Waals surface area (Å²) in [6.45, 7) is 9.87. The number of Topliss-reactive ketones (excluding diaryl/α,β-unsaturated/α-hetero) is 2. The van der Waals surface area contributed by atoms with Crippen LogP contribution in [-0.4, -0.2) is 22.3 Å². The molecule has 0 saturated heterocycles. The molecule has 0 bridgehead atoms. The SMILES string of the molecule is CC(Cc1ccc(C(C)C)cc1)C(=O)C(=O)C1CC=C(CCCC(C)(C)O)CC1. The van der Waals surface area contributed by atoms with E-state index in [1.807, 2.05) is 20.8 Å². The molecule has 2 rings (SSSR count). The minimum absolute atomic E-state index is 0.161. The van der Waals surface area contributed by atoms with Gasteiger partial charge in [-0.05, 0) is 75.8 Å². The van der Waals surface area contributed by atoms with E-state index in [0.717, 1.165) is 37.7 Å². The number of allylic oxidation sites excluding steroid dienone is 2. The smallest absolute Gasteiger partial charge is 0.202 e. The molecule has 2 unspecified atom stereocenters. The maximum absolute atomic E-state index is 12.7. The molecule has 0 heterocycles. The summed E-state index contributed by atoms with van der Waals surface area (Å²) in [5, 5.41) is 9.82. The van der Waals surface area contributed by atoms with Gasteiger partial charge in [-0.2, -0.15) is 0 Å². The van der Waals surface area contributed by atoms with Gasteiger partial charge in [-0.1, -0.05) is 56.7 Å². The highest BCUT2D eigenvalue weighted by Crippen LogP contribution is 2.29. The molecule has 0 radical (unpaired) electrons. The number of carbonyl (C=O) groups excluding carboxylic acids is 2. The van der Waals surface area contributed by atoms with Crippen molar-refractivity contribution in [2.24, 2.45) is 11.8 Å². The predicted molar refractivity (Wildman–Crippen MR) is 119 cm³/mol. The fraction of sp³-hybridized carbons (Fsp3) is 0.615. The predicted octanol–water partition coefficient (Wildman–Crippen LogP) is 5.79. The summed E-state index contributed by atoms with van der Waals surface area (Å²) in [6, 6.07) is 8.38. The number of carbonyl (C=O) groups is 2. The van der Waals surface area contributed by atoms with E-state index >= 15 is 0 Å². The van der Waals surface area contributed by atoms with Crippen LogP contribution in [0.15, 0.2) is 35.9 Å². The Morgan fingerprint density at radius 2 is 1.79 bits per heavy atom. The summed E-state index contributed by atoms with van der Waals surface area (Å²) in [4.78, 5) is 25.4. The van der Waals surface area contributed by atoms with Gasteiger partial charge < -0.3 is 5.11 Å². The summed E-state index contributed by atoms with van der Waals surface area (Å²) in [5.41, 5.74) is 3.15. The monoisotopic (exact) mass is 398 g/mol. The summed E-state index contributed by atoms with van der Waals surface area (Å²) in [7, 11) is 0. The molecule has 0 amide bonds. The molecule has 0 aliphatic heterocycles. The Morgan fingerprint density at radius 1 is 1.14 bits per heavy atom. The van der Waals surface area contributed by atoms with Gasteiger partial charge in [0.25, 0.3) is 0 Å². The first kappa shape index (κ1) is 23.5. The lowest BCUT2D eigenvalue weighted by Crippen LogP contribution is -2.30. The van der Waals surface area contributed by atoms with Gasteiger partial charge in [0, 0.05) is 11.8 Å². The second-order valence-electron chi connectivity index (χ2n) is 9.73. The van der Waals surface area contributed by atoms with E-state index in [0.29, 0.717) is 18.8 Å². The van der Waals surface area contributed by atoms with Crippen LogP contribution in [0, 0.1) is 11.8 Å². The maximum atomic E-state index is 12.7. The molecule has 0 fully saturated rings. The van der Waals surface area contributed by atoms with E-state index in [2.05, 4.69) is 44.2 Å². The summed E-state index contributed by atoms with van der Waals surface area (Å²) in [6.07, 6.45) is 7.82. The van der Waals surface area contributed by atoms with Gasteiger partial charge in [0.2, 0.25) is 11.6 Å². The highest BCUT2D eigenvalue weighted by Gasteiger charge is 2.30. The van der Waals surface area contributed by atoms with Crippen LogP contribution in [0.3, 0.4) is 0 Å². The van der Waals surface area contributed by atoms with Crippen LogP contribution in [0.4, 0.5) is 0 Å². The topological polar surface area (TPSA) is 54.4 Å². The maximum Gasteiger partial charge on any atom is 0.202 e. The Kier molecular flexibility index (Phi) is 8.39. The van der Waals surface area contributed by atoms with Crippen LogP contribution in [0.1, 0.15) is 90.2 Å². The van der Waals surface area contributed by atoms with Crippen molar-refractivity contribution < 1.29 is 14.7 Å². The van der Waals surface area contributed by atoms with Crippen molar-refractivity contribution in [3.63, 3.8) is 0 Å². The third-order valence-electron chi connectivity index (χ3n) is 6.04. The molecule has 1 N–H and O–H groups in total. The number of hydrogen-bond acceptors (Lipinski definition) is 3. The Morgan fingerprint density at radius 3 is 2.31 bits per heavy atom. The lowest BCUT2D eigenvalue weighted by Gasteiger charge is -2.23. The van der Waals surface area contributed by atoms with E-state index in [4.69, 9.17) is 0 Å². The molecular formula is C26H38O3. The van der Waals surface area contributed by atoms with Crippen molar-refractivity contribution in [2.45, 2.75) is 91.1 Å². The molecular weight excluding hydrogens is 360 g/mol. The molecule has 0 saturated carbocycles. The van der Waals surface area contributed by atoms with Crippen LogP contribution in [0.2, 0.25) is 0 Å². The lowest BCUT2D eigenvalue weighted by atomic mass is 9.81. The minimum Gasteiger partial charge on any atom is -0.390 e. The lowest BCUT2D eigenvalue weighted by molar-refractivity contribution is -0.141. The first-order chi connectivity index (χ1) is 13.6. The van der Waals surface area contributed by atoms with E-state index < -0.39 is 5.60 Å². The van der Waals surface area contributed by atoms with Gasteiger partial charge >= 0.3 is 0 Å². The van der Waals surface area contributed by atoms with E-state index in [1.54, 1.807) is 0 Å². The third kappa shape index (κ3) is 7.54. The van der Waals surface area contributed by atoms with Crippen molar-refractivity contribution in [1.82, 2.24) is 0 Å².